The molecule has 0 amide bonds. The van der Waals surface area contributed by atoms with Crippen molar-refractivity contribution in [2.24, 2.45) is 0 Å². The molecule has 166 valence electrons. The van der Waals surface area contributed by atoms with E-state index >= 15 is 0 Å². The van der Waals surface area contributed by atoms with Gasteiger partial charge >= 0.3 is 12.1 Å². The summed E-state index contributed by atoms with van der Waals surface area (Å²) in [7, 11) is -3.26. The predicted octanol–water partition coefficient (Wildman–Crippen LogP) is 1.76. The molecule has 2 N–H and O–H groups in total. The molecule has 3 rings (SSSR count). The van der Waals surface area contributed by atoms with Crippen molar-refractivity contribution < 1.29 is 35.9 Å². The van der Waals surface area contributed by atoms with Crippen LogP contribution >= 0.6 is 0 Å². The van der Waals surface area contributed by atoms with E-state index in [1.165, 1.54) is 6.07 Å². The van der Waals surface area contributed by atoms with E-state index in [4.69, 9.17) is 9.90 Å². The van der Waals surface area contributed by atoms with E-state index in [0.717, 1.165) is 11.9 Å². The molecule has 0 aliphatic carbocycles. The Balaban J connectivity index is 0.000000396. The van der Waals surface area contributed by atoms with Gasteiger partial charge in [0, 0.05) is 37.9 Å². The highest BCUT2D eigenvalue weighted by molar-refractivity contribution is 7.88. The number of nitrogens with one attached hydrogen (secondary N) is 1. The number of nitrogens with zero attached hydrogens (tertiary/aromatic N) is 3. The molecule has 1 atom stereocenters. The molecular weight excluding hydrogens is 432 g/mol. The van der Waals surface area contributed by atoms with Gasteiger partial charge in [0.1, 0.15) is 5.82 Å². The lowest BCUT2D eigenvalue weighted by Gasteiger charge is -2.34. The summed E-state index contributed by atoms with van der Waals surface area (Å²) < 4.78 is 72.6. The van der Waals surface area contributed by atoms with E-state index < -0.39 is 22.2 Å². The molecule has 8 nitrogen and oxygen atoms in total. The summed E-state index contributed by atoms with van der Waals surface area (Å²) in [5, 5.41) is 11.4. The van der Waals surface area contributed by atoms with Crippen LogP contribution in [0.3, 0.4) is 0 Å². The molecule has 0 saturated heterocycles. The zero-order valence-corrected chi connectivity index (χ0v) is 16.6. The minimum Gasteiger partial charge on any atom is -0.475 e. The first-order chi connectivity index (χ1) is 13.9. The minimum atomic E-state index is -5.08. The van der Waals surface area contributed by atoms with Crippen LogP contribution in [0.4, 0.5) is 17.6 Å². The fourth-order valence-corrected chi connectivity index (χ4v) is 3.35. The molecule has 1 aromatic carbocycles. The summed E-state index contributed by atoms with van der Waals surface area (Å²) in [5.74, 6) is -2.98. The van der Waals surface area contributed by atoms with Crippen LogP contribution in [-0.2, 0) is 27.9 Å². The standard InChI is InChI=1S/C15H19FN4O2S.C2HF3O2/c1-23(21,22)18-8-14-11-19(10-13-6-7-17-20(13)14)9-12-4-2-3-5-15(12)16;3-2(4,5)1(6)7/h2-7,14,18H,8-11H2,1H3;(H,6,7). The highest BCUT2D eigenvalue weighted by Gasteiger charge is 2.38. The zero-order valence-electron chi connectivity index (χ0n) is 15.8. The topological polar surface area (TPSA) is 105 Å². The second-order valence-corrected chi connectivity index (χ2v) is 8.44. The summed E-state index contributed by atoms with van der Waals surface area (Å²) in [6.07, 6.45) is -2.24. The number of aromatic nitrogens is 2. The summed E-state index contributed by atoms with van der Waals surface area (Å²) in [5.41, 5.74) is 1.63. The quantitative estimate of drug-likeness (QED) is 0.670. The highest BCUT2D eigenvalue weighted by atomic mass is 32.2. The van der Waals surface area contributed by atoms with Gasteiger partial charge in [0.05, 0.1) is 18.0 Å². The Hall–Kier alpha value is -2.51. The van der Waals surface area contributed by atoms with Crippen LogP contribution in [0.1, 0.15) is 17.3 Å². The predicted molar refractivity (Wildman–Crippen MR) is 98.3 cm³/mol. The van der Waals surface area contributed by atoms with Crippen molar-refractivity contribution in [3.8, 4) is 0 Å². The van der Waals surface area contributed by atoms with E-state index in [-0.39, 0.29) is 18.4 Å². The van der Waals surface area contributed by atoms with E-state index in [0.29, 0.717) is 25.2 Å². The third-order valence-electron chi connectivity index (χ3n) is 4.13. The van der Waals surface area contributed by atoms with Crippen molar-refractivity contribution in [1.82, 2.24) is 19.4 Å². The van der Waals surface area contributed by atoms with Crippen molar-refractivity contribution >= 4 is 16.0 Å². The van der Waals surface area contributed by atoms with Crippen molar-refractivity contribution in [1.29, 1.82) is 0 Å². The Bertz CT molecular complexity index is 978. The lowest BCUT2D eigenvalue weighted by atomic mass is 10.1. The lowest BCUT2D eigenvalue weighted by molar-refractivity contribution is -0.192. The van der Waals surface area contributed by atoms with Crippen LogP contribution in [0.5, 0.6) is 0 Å². The average molecular weight is 452 g/mol. The minimum absolute atomic E-state index is 0.116. The maximum Gasteiger partial charge on any atom is 0.490 e. The molecule has 2 heterocycles. The van der Waals surface area contributed by atoms with Gasteiger partial charge in [-0.25, -0.2) is 22.3 Å². The van der Waals surface area contributed by atoms with Crippen LogP contribution in [0.15, 0.2) is 36.5 Å². The van der Waals surface area contributed by atoms with Gasteiger partial charge in [0.15, 0.2) is 0 Å². The number of carbonyl (C=O) groups is 1. The second-order valence-electron chi connectivity index (χ2n) is 6.61. The number of sulfonamides is 1. The molecule has 13 heteroatoms. The fraction of sp³-hybridized carbons (Fsp3) is 0.412. The molecule has 1 aliphatic rings. The molecule has 0 fully saturated rings. The Morgan fingerprint density at radius 3 is 2.50 bits per heavy atom. The Labute approximate surface area is 170 Å². The number of benzene rings is 1. The van der Waals surface area contributed by atoms with Crippen LogP contribution in [0.25, 0.3) is 0 Å². The number of halogens is 4. The summed E-state index contributed by atoms with van der Waals surface area (Å²) >= 11 is 0. The van der Waals surface area contributed by atoms with Gasteiger partial charge in [-0.2, -0.15) is 18.3 Å². The normalized spacial score (nSPS) is 17.0. The van der Waals surface area contributed by atoms with Crippen molar-refractivity contribution in [2.45, 2.75) is 25.3 Å². The molecule has 0 radical (unpaired) electrons. The van der Waals surface area contributed by atoms with E-state index in [1.54, 1.807) is 18.3 Å². The number of carboxylic acids is 1. The maximum absolute atomic E-state index is 13.8. The molecule has 0 bridgehead atoms. The van der Waals surface area contributed by atoms with Gasteiger partial charge in [-0.05, 0) is 12.1 Å². The number of rotatable bonds is 5. The van der Waals surface area contributed by atoms with Gasteiger partial charge in [0.2, 0.25) is 10.0 Å². The smallest absolute Gasteiger partial charge is 0.475 e. The Kier molecular flexibility index (Phi) is 7.55. The number of hydrogen-bond donors (Lipinski definition) is 2. The van der Waals surface area contributed by atoms with E-state index in [9.17, 15) is 26.0 Å². The molecule has 1 aromatic heterocycles. The lowest BCUT2D eigenvalue weighted by Crippen LogP contribution is -2.42. The number of carboxylic acid groups (broad SMARTS) is 1. The van der Waals surface area contributed by atoms with Crippen LogP contribution in [0.2, 0.25) is 0 Å². The first-order valence-electron chi connectivity index (χ1n) is 8.59. The Morgan fingerprint density at radius 1 is 1.30 bits per heavy atom. The third kappa shape index (κ3) is 7.07. The van der Waals surface area contributed by atoms with Crippen molar-refractivity contribution in [3.05, 3.63) is 53.6 Å². The van der Waals surface area contributed by atoms with Gasteiger partial charge in [-0.1, -0.05) is 18.2 Å². The van der Waals surface area contributed by atoms with Crippen LogP contribution in [0, 0.1) is 5.82 Å². The van der Waals surface area contributed by atoms with Crippen molar-refractivity contribution in [2.75, 3.05) is 19.3 Å². The maximum atomic E-state index is 13.8. The molecule has 0 spiro atoms. The van der Waals surface area contributed by atoms with Gasteiger partial charge in [0.25, 0.3) is 0 Å². The van der Waals surface area contributed by atoms with Crippen molar-refractivity contribution in [3.63, 3.8) is 0 Å². The fourth-order valence-electron chi connectivity index (χ4n) is 2.85. The van der Waals surface area contributed by atoms with Crippen LogP contribution < -0.4 is 4.72 Å². The summed E-state index contributed by atoms with van der Waals surface area (Å²) in [6.45, 7) is 2.00. The molecule has 1 aliphatic heterocycles. The number of fused-ring (bicyclic) bond motifs is 1. The summed E-state index contributed by atoms with van der Waals surface area (Å²) in [4.78, 5) is 11.0. The summed E-state index contributed by atoms with van der Waals surface area (Å²) in [6, 6.07) is 8.49. The van der Waals surface area contributed by atoms with Gasteiger partial charge in [-0.3, -0.25) is 9.58 Å². The number of aliphatic carboxylic acids is 1. The van der Waals surface area contributed by atoms with E-state index in [1.807, 2.05) is 16.8 Å². The first-order valence-corrected chi connectivity index (χ1v) is 10.5. The molecule has 2 aromatic rings. The largest absolute Gasteiger partial charge is 0.490 e. The van der Waals surface area contributed by atoms with Gasteiger partial charge in [-0.15, -0.1) is 0 Å². The molecular formula is C17H20F4N4O4S. The molecule has 0 saturated carbocycles. The first kappa shape index (κ1) is 23.8. The zero-order chi connectivity index (χ0) is 22.5. The van der Waals surface area contributed by atoms with Gasteiger partial charge < -0.3 is 5.11 Å². The highest BCUT2D eigenvalue weighted by Crippen LogP contribution is 2.22. The molecule has 1 unspecified atom stereocenters. The Morgan fingerprint density at radius 2 is 1.93 bits per heavy atom. The average Bonchev–Trinajstić information content (AvgIpc) is 3.09. The van der Waals surface area contributed by atoms with E-state index in [2.05, 4.69) is 14.7 Å². The SMILES string of the molecule is CS(=O)(=O)NCC1CN(Cc2ccccc2F)Cc2ccnn21.O=C(O)C(F)(F)F. The van der Waals surface area contributed by atoms with Crippen LogP contribution in [-0.4, -0.2) is 59.7 Å². The number of hydrogen-bond acceptors (Lipinski definition) is 5. The number of alkyl halides is 3. The molecule has 30 heavy (non-hydrogen) atoms. The monoisotopic (exact) mass is 452 g/mol. The second kappa shape index (κ2) is 9.53. The third-order valence-corrected chi connectivity index (χ3v) is 4.82.